The summed E-state index contributed by atoms with van der Waals surface area (Å²) in [6.45, 7) is 0. The first-order valence-electron chi connectivity index (χ1n) is 7.73. The fourth-order valence-corrected chi connectivity index (χ4v) is 3.25. The van der Waals surface area contributed by atoms with Crippen LogP contribution in [0.5, 0.6) is 0 Å². The van der Waals surface area contributed by atoms with Gasteiger partial charge in [0.25, 0.3) is 0 Å². The van der Waals surface area contributed by atoms with Gasteiger partial charge in [0.15, 0.2) is 0 Å². The van der Waals surface area contributed by atoms with E-state index in [-0.39, 0.29) is 10.6 Å². The summed E-state index contributed by atoms with van der Waals surface area (Å²) < 4.78 is 20.2. The summed E-state index contributed by atoms with van der Waals surface area (Å²) in [5, 5.41) is 12.3. The number of ether oxygens (including phenoxy) is 1. The van der Waals surface area contributed by atoms with Crippen molar-refractivity contribution in [2.24, 2.45) is 0 Å². The van der Waals surface area contributed by atoms with Crippen LogP contribution in [0.15, 0.2) is 42.5 Å². The second-order valence-corrected chi connectivity index (χ2v) is 6.72. The lowest BCUT2D eigenvalue weighted by molar-refractivity contribution is -0.159. The molecular weight excluding hydrogens is 384 g/mol. The number of benzene rings is 2. The number of carbonyl (C=O) groups excluding carboxylic acids is 1. The number of rotatable bonds is 4. The van der Waals surface area contributed by atoms with Gasteiger partial charge in [-0.25, -0.2) is 4.39 Å². The highest BCUT2D eigenvalue weighted by Gasteiger charge is 2.40. The molecule has 1 heterocycles. The van der Waals surface area contributed by atoms with Crippen molar-refractivity contribution in [1.82, 2.24) is 5.32 Å². The second kappa shape index (κ2) is 7.61. The predicted molar refractivity (Wildman–Crippen MR) is 93.6 cm³/mol. The number of hydrogen-bond acceptors (Lipinski definition) is 3. The maximum atomic E-state index is 14.4. The lowest BCUT2D eigenvalue weighted by Crippen LogP contribution is -2.48. The normalized spacial score (nSPS) is 22.7. The Morgan fingerprint density at radius 1 is 1.19 bits per heavy atom. The van der Waals surface area contributed by atoms with Crippen LogP contribution in [0.2, 0.25) is 10.0 Å². The van der Waals surface area contributed by atoms with E-state index in [4.69, 9.17) is 33.0 Å². The van der Waals surface area contributed by atoms with Gasteiger partial charge in [0.1, 0.15) is 18.0 Å². The second-order valence-electron chi connectivity index (χ2n) is 5.85. The Morgan fingerprint density at radius 3 is 2.58 bits per heavy atom. The van der Waals surface area contributed by atoms with Crippen molar-refractivity contribution in [1.29, 1.82) is 0 Å². The molecule has 1 saturated heterocycles. The molecule has 1 fully saturated rings. The van der Waals surface area contributed by atoms with Gasteiger partial charge in [-0.15, -0.1) is 0 Å². The van der Waals surface area contributed by atoms with Gasteiger partial charge in [-0.3, -0.25) is 9.59 Å². The SMILES string of the molecule is O=C(O)C[C@H]1O[C@H](c2cccc(Cl)c2)[C@@H](c2ccc(Cl)cc2F)NC1=O. The highest BCUT2D eigenvalue weighted by atomic mass is 35.5. The molecule has 3 rings (SSSR count). The Balaban J connectivity index is 2.02. The molecule has 0 saturated carbocycles. The van der Waals surface area contributed by atoms with Gasteiger partial charge in [-0.1, -0.05) is 41.4 Å². The molecule has 8 heteroatoms. The molecule has 136 valence electrons. The first kappa shape index (κ1) is 18.6. The van der Waals surface area contributed by atoms with Crippen LogP contribution in [0, 0.1) is 5.82 Å². The molecule has 0 bridgehead atoms. The van der Waals surface area contributed by atoms with E-state index in [1.54, 1.807) is 24.3 Å². The Labute approximate surface area is 158 Å². The van der Waals surface area contributed by atoms with Crippen LogP contribution in [-0.4, -0.2) is 23.1 Å². The van der Waals surface area contributed by atoms with Crippen molar-refractivity contribution in [2.45, 2.75) is 24.7 Å². The number of amides is 1. The molecule has 2 N–H and O–H groups in total. The van der Waals surface area contributed by atoms with Crippen molar-refractivity contribution in [3.63, 3.8) is 0 Å². The summed E-state index contributed by atoms with van der Waals surface area (Å²) in [4.78, 5) is 23.3. The molecule has 0 aromatic heterocycles. The third kappa shape index (κ3) is 3.98. The molecular formula is C18H14Cl2FNO4. The molecule has 1 aliphatic heterocycles. The zero-order chi connectivity index (χ0) is 18.8. The Kier molecular flexibility index (Phi) is 5.46. The number of hydrogen-bond donors (Lipinski definition) is 2. The number of aliphatic carboxylic acids is 1. The van der Waals surface area contributed by atoms with Crippen molar-refractivity contribution in [3.05, 3.63) is 69.5 Å². The summed E-state index contributed by atoms with van der Waals surface area (Å²) in [5.41, 5.74) is 0.772. The molecule has 0 spiro atoms. The van der Waals surface area contributed by atoms with Crippen molar-refractivity contribution in [2.75, 3.05) is 0 Å². The fourth-order valence-electron chi connectivity index (χ4n) is 2.89. The standard InChI is InChI=1S/C18H14Cl2FNO4/c19-10-3-1-2-9(6-10)17-16(12-5-4-11(20)7-13(12)21)22-18(25)14(26-17)8-15(23)24/h1-7,14,16-17H,8H2,(H,22,25)(H,23,24)/t14-,16-,17-/m1/s1. The van der Waals surface area contributed by atoms with Gasteiger partial charge >= 0.3 is 5.97 Å². The quantitative estimate of drug-likeness (QED) is 0.819. The minimum atomic E-state index is -1.19. The summed E-state index contributed by atoms with van der Waals surface area (Å²) in [5.74, 6) is -2.40. The van der Waals surface area contributed by atoms with Gasteiger partial charge in [0, 0.05) is 15.6 Å². The molecule has 0 radical (unpaired) electrons. The molecule has 0 unspecified atom stereocenters. The first-order chi connectivity index (χ1) is 12.3. The number of carboxylic acid groups (broad SMARTS) is 1. The summed E-state index contributed by atoms with van der Waals surface area (Å²) in [7, 11) is 0. The van der Waals surface area contributed by atoms with Crippen molar-refractivity contribution >= 4 is 35.1 Å². The van der Waals surface area contributed by atoms with E-state index in [9.17, 15) is 14.0 Å². The maximum Gasteiger partial charge on any atom is 0.306 e. The first-order valence-corrected chi connectivity index (χ1v) is 8.49. The molecule has 2 aromatic rings. The largest absolute Gasteiger partial charge is 0.481 e. The zero-order valence-corrected chi connectivity index (χ0v) is 14.8. The Bertz CT molecular complexity index is 861. The molecule has 5 nitrogen and oxygen atoms in total. The molecule has 1 aliphatic rings. The third-order valence-corrected chi connectivity index (χ3v) is 4.51. The minimum Gasteiger partial charge on any atom is -0.481 e. The zero-order valence-electron chi connectivity index (χ0n) is 13.3. The Morgan fingerprint density at radius 2 is 1.92 bits per heavy atom. The average Bonchev–Trinajstić information content (AvgIpc) is 2.56. The van der Waals surface area contributed by atoms with Gasteiger partial charge in [0.2, 0.25) is 5.91 Å². The summed E-state index contributed by atoms with van der Waals surface area (Å²) in [6, 6.07) is 9.95. The van der Waals surface area contributed by atoms with Gasteiger partial charge in [-0.05, 0) is 29.8 Å². The van der Waals surface area contributed by atoms with E-state index < -0.39 is 42.4 Å². The predicted octanol–water partition coefficient (Wildman–Crippen LogP) is 3.90. The number of carbonyl (C=O) groups is 2. The number of nitrogens with one attached hydrogen (secondary N) is 1. The maximum absolute atomic E-state index is 14.4. The lowest BCUT2D eigenvalue weighted by Gasteiger charge is -2.37. The highest BCUT2D eigenvalue weighted by molar-refractivity contribution is 6.30. The van der Waals surface area contributed by atoms with Gasteiger partial charge in [-0.2, -0.15) is 0 Å². The summed E-state index contributed by atoms with van der Waals surface area (Å²) >= 11 is 11.8. The lowest BCUT2D eigenvalue weighted by atomic mass is 9.92. The average molecular weight is 398 g/mol. The third-order valence-electron chi connectivity index (χ3n) is 4.04. The topological polar surface area (TPSA) is 75.6 Å². The molecule has 26 heavy (non-hydrogen) atoms. The monoisotopic (exact) mass is 397 g/mol. The summed E-state index contributed by atoms with van der Waals surface area (Å²) in [6.07, 6.45) is -2.51. The fraction of sp³-hybridized carbons (Fsp3) is 0.222. The van der Waals surface area contributed by atoms with E-state index in [0.29, 0.717) is 10.6 Å². The molecule has 0 aliphatic carbocycles. The van der Waals surface area contributed by atoms with Crippen LogP contribution in [0.1, 0.15) is 29.7 Å². The van der Waals surface area contributed by atoms with E-state index in [0.717, 1.165) is 6.07 Å². The Hall–Kier alpha value is -2.15. The van der Waals surface area contributed by atoms with Gasteiger partial charge in [0.05, 0.1) is 12.5 Å². The number of halogens is 3. The van der Waals surface area contributed by atoms with E-state index in [1.165, 1.54) is 12.1 Å². The van der Waals surface area contributed by atoms with Crippen LogP contribution in [0.4, 0.5) is 4.39 Å². The highest BCUT2D eigenvalue weighted by Crippen LogP contribution is 2.39. The number of carboxylic acids is 1. The van der Waals surface area contributed by atoms with E-state index >= 15 is 0 Å². The smallest absolute Gasteiger partial charge is 0.306 e. The van der Waals surface area contributed by atoms with Crippen LogP contribution in [-0.2, 0) is 14.3 Å². The minimum absolute atomic E-state index is 0.182. The van der Waals surface area contributed by atoms with Crippen LogP contribution < -0.4 is 5.32 Å². The van der Waals surface area contributed by atoms with Gasteiger partial charge < -0.3 is 15.2 Å². The van der Waals surface area contributed by atoms with Crippen LogP contribution in [0.3, 0.4) is 0 Å². The van der Waals surface area contributed by atoms with Crippen molar-refractivity contribution in [3.8, 4) is 0 Å². The van der Waals surface area contributed by atoms with Crippen LogP contribution in [0.25, 0.3) is 0 Å². The molecule has 1 amide bonds. The van der Waals surface area contributed by atoms with Crippen LogP contribution >= 0.6 is 23.2 Å². The molecule has 2 aromatic carbocycles. The van der Waals surface area contributed by atoms with Crippen molar-refractivity contribution < 1.29 is 23.8 Å². The number of morpholine rings is 1. The van der Waals surface area contributed by atoms with E-state index in [1.807, 2.05) is 0 Å². The molecule has 3 atom stereocenters. The van der Waals surface area contributed by atoms with E-state index in [2.05, 4.69) is 5.32 Å².